The van der Waals surface area contributed by atoms with Crippen molar-refractivity contribution in [2.75, 3.05) is 0 Å². The fourth-order valence-electron chi connectivity index (χ4n) is 1.79. The van der Waals surface area contributed by atoms with Gasteiger partial charge < -0.3 is 4.42 Å². The number of aromatic nitrogens is 1. The second-order valence-electron chi connectivity index (χ2n) is 4.12. The molecule has 0 aliphatic carbocycles. The van der Waals surface area contributed by atoms with Crippen LogP contribution in [-0.4, -0.2) is 4.98 Å². The van der Waals surface area contributed by atoms with Gasteiger partial charge in [-0.05, 0) is 42.8 Å². The molecule has 0 unspecified atom stereocenters. The van der Waals surface area contributed by atoms with Crippen molar-refractivity contribution in [2.45, 2.75) is 6.92 Å². The van der Waals surface area contributed by atoms with E-state index in [-0.39, 0.29) is 5.02 Å². The Kier molecular flexibility index (Phi) is 2.56. The molecule has 2 aromatic carbocycles. The zero-order chi connectivity index (χ0) is 12.7. The zero-order valence-corrected chi connectivity index (χ0v) is 10.3. The highest BCUT2D eigenvalue weighted by atomic mass is 35.5. The minimum atomic E-state index is -0.452. The van der Waals surface area contributed by atoms with E-state index in [1.807, 2.05) is 25.1 Å². The summed E-state index contributed by atoms with van der Waals surface area (Å²) in [4.78, 5) is 4.37. The van der Waals surface area contributed by atoms with Gasteiger partial charge in [-0.1, -0.05) is 17.7 Å². The third-order valence-electron chi connectivity index (χ3n) is 2.71. The van der Waals surface area contributed by atoms with Crippen molar-refractivity contribution in [3.05, 3.63) is 52.8 Å². The number of nitrogens with zero attached hydrogens (tertiary/aromatic N) is 1. The monoisotopic (exact) mass is 261 g/mol. The molecule has 0 fully saturated rings. The molecule has 0 aliphatic heterocycles. The zero-order valence-electron chi connectivity index (χ0n) is 9.58. The summed E-state index contributed by atoms with van der Waals surface area (Å²) in [5.41, 5.74) is 3.26. The smallest absolute Gasteiger partial charge is 0.227 e. The highest BCUT2D eigenvalue weighted by Crippen LogP contribution is 2.27. The van der Waals surface area contributed by atoms with Gasteiger partial charge in [-0.3, -0.25) is 0 Å². The van der Waals surface area contributed by atoms with E-state index < -0.39 is 5.82 Å². The second kappa shape index (κ2) is 4.10. The molecule has 0 atom stereocenters. The summed E-state index contributed by atoms with van der Waals surface area (Å²) >= 11 is 5.74. The van der Waals surface area contributed by atoms with Gasteiger partial charge in [0.1, 0.15) is 11.3 Å². The van der Waals surface area contributed by atoms with Crippen LogP contribution >= 0.6 is 11.6 Å². The third kappa shape index (κ3) is 1.87. The molecule has 0 radical (unpaired) electrons. The SMILES string of the molecule is Cc1ccc2oc(-c3ccc(F)c(Cl)c3)nc2c1. The third-order valence-corrected chi connectivity index (χ3v) is 3.00. The Bertz CT molecular complexity index is 736. The van der Waals surface area contributed by atoms with E-state index in [1.165, 1.54) is 12.1 Å². The number of halogens is 2. The van der Waals surface area contributed by atoms with Crippen LogP contribution in [0.2, 0.25) is 5.02 Å². The van der Waals surface area contributed by atoms with E-state index in [0.717, 1.165) is 11.1 Å². The van der Waals surface area contributed by atoms with E-state index in [9.17, 15) is 4.39 Å². The van der Waals surface area contributed by atoms with Gasteiger partial charge in [0.05, 0.1) is 5.02 Å². The van der Waals surface area contributed by atoms with Crippen molar-refractivity contribution in [3.63, 3.8) is 0 Å². The van der Waals surface area contributed by atoms with Gasteiger partial charge in [0.15, 0.2) is 5.58 Å². The first-order valence-corrected chi connectivity index (χ1v) is 5.84. The Labute approximate surface area is 108 Å². The van der Waals surface area contributed by atoms with Crippen LogP contribution in [0.25, 0.3) is 22.6 Å². The summed E-state index contributed by atoms with van der Waals surface area (Å²) < 4.78 is 18.7. The molecule has 2 nitrogen and oxygen atoms in total. The largest absolute Gasteiger partial charge is 0.436 e. The van der Waals surface area contributed by atoms with Gasteiger partial charge in [0.25, 0.3) is 0 Å². The van der Waals surface area contributed by atoms with Crippen LogP contribution in [0.5, 0.6) is 0 Å². The van der Waals surface area contributed by atoms with Gasteiger partial charge in [-0.15, -0.1) is 0 Å². The molecule has 0 aliphatic rings. The molecule has 0 bridgehead atoms. The maximum atomic E-state index is 13.1. The van der Waals surface area contributed by atoms with Crippen molar-refractivity contribution in [1.82, 2.24) is 4.98 Å². The van der Waals surface area contributed by atoms with Gasteiger partial charge >= 0.3 is 0 Å². The van der Waals surface area contributed by atoms with Gasteiger partial charge in [-0.25, -0.2) is 9.37 Å². The predicted octanol–water partition coefficient (Wildman–Crippen LogP) is 4.60. The van der Waals surface area contributed by atoms with Crippen LogP contribution < -0.4 is 0 Å². The highest BCUT2D eigenvalue weighted by Gasteiger charge is 2.10. The molecule has 0 spiro atoms. The van der Waals surface area contributed by atoms with E-state index in [2.05, 4.69) is 4.98 Å². The molecule has 1 heterocycles. The van der Waals surface area contributed by atoms with Gasteiger partial charge in [0.2, 0.25) is 5.89 Å². The average Bonchev–Trinajstić information content (AvgIpc) is 2.75. The number of oxazole rings is 1. The lowest BCUT2D eigenvalue weighted by molar-refractivity contribution is 0.616. The summed E-state index contributed by atoms with van der Waals surface area (Å²) in [7, 11) is 0. The van der Waals surface area contributed by atoms with E-state index >= 15 is 0 Å². The number of aryl methyl sites for hydroxylation is 1. The van der Waals surface area contributed by atoms with E-state index in [0.29, 0.717) is 17.0 Å². The lowest BCUT2D eigenvalue weighted by Crippen LogP contribution is -1.80. The van der Waals surface area contributed by atoms with E-state index in [1.54, 1.807) is 6.07 Å². The van der Waals surface area contributed by atoms with Crippen molar-refractivity contribution in [1.29, 1.82) is 0 Å². The topological polar surface area (TPSA) is 26.0 Å². The number of hydrogen-bond acceptors (Lipinski definition) is 2. The lowest BCUT2D eigenvalue weighted by Gasteiger charge is -1.97. The minimum Gasteiger partial charge on any atom is -0.436 e. The molecule has 3 rings (SSSR count). The van der Waals surface area contributed by atoms with Crippen LogP contribution in [0.4, 0.5) is 4.39 Å². The molecular weight excluding hydrogens is 253 g/mol. The summed E-state index contributed by atoms with van der Waals surface area (Å²) in [6, 6.07) is 10.2. The fourth-order valence-corrected chi connectivity index (χ4v) is 1.97. The molecule has 0 saturated heterocycles. The molecule has 18 heavy (non-hydrogen) atoms. The first-order chi connectivity index (χ1) is 8.63. The molecule has 0 saturated carbocycles. The van der Waals surface area contributed by atoms with Gasteiger partial charge in [-0.2, -0.15) is 0 Å². The molecular formula is C14H9ClFNO. The number of hydrogen-bond donors (Lipinski definition) is 0. The molecule has 0 N–H and O–H groups in total. The normalized spacial score (nSPS) is 11.1. The molecule has 0 amide bonds. The van der Waals surface area contributed by atoms with Crippen molar-refractivity contribution in [2.24, 2.45) is 0 Å². The summed E-state index contributed by atoms with van der Waals surface area (Å²) in [5.74, 6) is -0.00938. The van der Waals surface area contributed by atoms with Gasteiger partial charge in [0, 0.05) is 5.56 Å². The molecule has 90 valence electrons. The Hall–Kier alpha value is -1.87. The Morgan fingerprint density at radius 1 is 1.17 bits per heavy atom. The van der Waals surface area contributed by atoms with E-state index in [4.69, 9.17) is 16.0 Å². The van der Waals surface area contributed by atoms with Crippen molar-refractivity contribution in [3.8, 4) is 11.5 Å². The quantitative estimate of drug-likeness (QED) is 0.640. The molecule has 1 aromatic heterocycles. The number of fused-ring (bicyclic) bond motifs is 1. The summed E-state index contributed by atoms with van der Waals surface area (Å²) in [6.07, 6.45) is 0. The van der Waals surface area contributed by atoms with Crippen molar-refractivity contribution < 1.29 is 8.81 Å². The predicted molar refractivity (Wildman–Crippen MR) is 69.2 cm³/mol. The lowest BCUT2D eigenvalue weighted by atomic mass is 10.2. The van der Waals surface area contributed by atoms with Crippen LogP contribution in [-0.2, 0) is 0 Å². The van der Waals surface area contributed by atoms with Crippen LogP contribution in [0.1, 0.15) is 5.56 Å². The van der Waals surface area contributed by atoms with Crippen LogP contribution in [0, 0.1) is 12.7 Å². The maximum absolute atomic E-state index is 13.1. The van der Waals surface area contributed by atoms with Crippen LogP contribution in [0.15, 0.2) is 40.8 Å². The second-order valence-corrected chi connectivity index (χ2v) is 4.53. The standard InChI is InChI=1S/C14H9ClFNO/c1-8-2-5-13-12(6-8)17-14(18-13)9-3-4-11(16)10(15)7-9/h2-7H,1H3. The Balaban J connectivity index is 2.16. The fraction of sp³-hybridized carbons (Fsp3) is 0.0714. The maximum Gasteiger partial charge on any atom is 0.227 e. The summed E-state index contributed by atoms with van der Waals surface area (Å²) in [5, 5.41) is 0.0611. The number of rotatable bonds is 1. The highest BCUT2D eigenvalue weighted by molar-refractivity contribution is 6.31. The first-order valence-electron chi connectivity index (χ1n) is 5.46. The first kappa shape index (κ1) is 11.2. The molecule has 3 aromatic rings. The Morgan fingerprint density at radius 3 is 2.78 bits per heavy atom. The average molecular weight is 262 g/mol. The minimum absolute atomic E-state index is 0.0611. The Morgan fingerprint density at radius 2 is 2.00 bits per heavy atom. The molecule has 4 heteroatoms. The van der Waals surface area contributed by atoms with Crippen LogP contribution in [0.3, 0.4) is 0 Å². The summed E-state index contributed by atoms with van der Waals surface area (Å²) in [6.45, 7) is 1.99. The van der Waals surface area contributed by atoms with Crippen molar-refractivity contribution >= 4 is 22.7 Å². The number of benzene rings is 2.